The van der Waals surface area contributed by atoms with Gasteiger partial charge in [0.1, 0.15) is 0 Å². The van der Waals surface area contributed by atoms with Crippen LogP contribution in [0.25, 0.3) is 0 Å². The molecule has 0 spiro atoms. The van der Waals surface area contributed by atoms with Gasteiger partial charge < -0.3 is 11.5 Å². The average Bonchev–Trinajstić information content (AvgIpc) is 2.42. The molecule has 0 aliphatic heterocycles. The van der Waals surface area contributed by atoms with E-state index in [2.05, 4.69) is 13.8 Å². The second kappa shape index (κ2) is 12.6. The van der Waals surface area contributed by atoms with Crippen molar-refractivity contribution in [2.45, 2.75) is 84.1 Å². The number of unbranched alkanes of at least 4 members (excludes halogenated alkanes) is 4. The monoisotopic (exact) mass is 270 g/mol. The van der Waals surface area contributed by atoms with Crippen molar-refractivity contribution in [3.05, 3.63) is 0 Å². The molecule has 0 aliphatic rings. The van der Waals surface area contributed by atoms with Gasteiger partial charge in [0.2, 0.25) is 0 Å². The summed E-state index contributed by atoms with van der Waals surface area (Å²) in [4.78, 5) is 12.4. The summed E-state index contributed by atoms with van der Waals surface area (Å²) in [5.74, 6) is 0.487. The number of Topliss-reactive ketones (excluding diaryl/α,β-unsaturated/α-hetero) is 1. The summed E-state index contributed by atoms with van der Waals surface area (Å²) in [5.41, 5.74) is 11.5. The van der Waals surface area contributed by atoms with Crippen molar-refractivity contribution in [2.24, 2.45) is 17.4 Å². The Bertz CT molecular complexity index is 219. The molecule has 0 rings (SSSR count). The Morgan fingerprint density at radius 2 is 1.47 bits per heavy atom. The lowest BCUT2D eigenvalue weighted by Crippen LogP contribution is -2.35. The third-order valence-corrected chi connectivity index (χ3v) is 3.80. The summed E-state index contributed by atoms with van der Waals surface area (Å²) in [5, 5.41) is 0. The molecule has 0 amide bonds. The van der Waals surface area contributed by atoms with Crippen molar-refractivity contribution in [1.82, 2.24) is 0 Å². The van der Waals surface area contributed by atoms with Crippen LogP contribution in [0.5, 0.6) is 0 Å². The van der Waals surface area contributed by atoms with Gasteiger partial charge in [-0.1, -0.05) is 52.4 Å². The zero-order valence-electron chi connectivity index (χ0n) is 13.0. The van der Waals surface area contributed by atoms with E-state index in [0.29, 0.717) is 12.3 Å². The van der Waals surface area contributed by atoms with Crippen molar-refractivity contribution < 1.29 is 4.79 Å². The lowest BCUT2D eigenvalue weighted by atomic mass is 9.87. The van der Waals surface area contributed by atoms with E-state index in [1.165, 1.54) is 12.8 Å². The lowest BCUT2D eigenvalue weighted by molar-refractivity contribution is -0.124. The Morgan fingerprint density at radius 3 is 2.05 bits per heavy atom. The molecule has 0 radical (unpaired) electrons. The summed E-state index contributed by atoms with van der Waals surface area (Å²) in [6.07, 6.45) is 10.7. The molecule has 0 fully saturated rings. The summed E-state index contributed by atoms with van der Waals surface area (Å²) in [6.45, 7) is 5.06. The molecular weight excluding hydrogens is 236 g/mol. The molecule has 2 unspecified atom stereocenters. The maximum absolute atomic E-state index is 12.4. The van der Waals surface area contributed by atoms with Crippen molar-refractivity contribution in [1.29, 1.82) is 0 Å². The second-order valence-electron chi connectivity index (χ2n) is 5.63. The third-order valence-electron chi connectivity index (χ3n) is 3.80. The summed E-state index contributed by atoms with van der Waals surface area (Å²) in [7, 11) is 0. The molecule has 3 nitrogen and oxygen atoms in total. The molecule has 0 saturated heterocycles. The molecule has 3 heteroatoms. The fourth-order valence-electron chi connectivity index (χ4n) is 2.47. The molecule has 0 aromatic rings. The highest BCUT2D eigenvalue weighted by Crippen LogP contribution is 2.20. The van der Waals surface area contributed by atoms with Gasteiger partial charge in [0, 0.05) is 5.92 Å². The first-order chi connectivity index (χ1) is 9.17. The van der Waals surface area contributed by atoms with Crippen LogP contribution in [-0.2, 0) is 4.79 Å². The molecular formula is C16H34N2O. The van der Waals surface area contributed by atoms with Crippen LogP contribution in [0.4, 0.5) is 0 Å². The van der Waals surface area contributed by atoms with Crippen molar-refractivity contribution >= 4 is 5.78 Å². The van der Waals surface area contributed by atoms with E-state index in [1.54, 1.807) is 0 Å². The summed E-state index contributed by atoms with van der Waals surface area (Å²) < 4.78 is 0. The first kappa shape index (κ1) is 18.6. The standard InChI is InChI=1S/C16H34N2O/c1-3-5-7-11-14(10-6-4-2)16(19)15(18)12-8-9-13-17/h14-15H,3-13,17-18H2,1-2H3. The SMILES string of the molecule is CCCCCC(CCCC)C(=O)C(N)CCCCN. The van der Waals surface area contributed by atoms with Crippen LogP contribution in [-0.4, -0.2) is 18.4 Å². The predicted octanol–water partition coefficient (Wildman–Crippen LogP) is 3.40. The highest BCUT2D eigenvalue weighted by Gasteiger charge is 2.22. The van der Waals surface area contributed by atoms with E-state index in [1.807, 2.05) is 0 Å². The molecule has 2 atom stereocenters. The number of hydrogen-bond acceptors (Lipinski definition) is 3. The highest BCUT2D eigenvalue weighted by atomic mass is 16.1. The van der Waals surface area contributed by atoms with Gasteiger partial charge in [-0.25, -0.2) is 0 Å². The number of ketones is 1. The maximum Gasteiger partial charge on any atom is 0.152 e. The van der Waals surface area contributed by atoms with Crippen LogP contribution < -0.4 is 11.5 Å². The molecule has 0 aromatic carbocycles. The highest BCUT2D eigenvalue weighted by molar-refractivity contribution is 5.86. The Kier molecular flexibility index (Phi) is 12.3. The van der Waals surface area contributed by atoms with Crippen molar-refractivity contribution in [3.8, 4) is 0 Å². The van der Waals surface area contributed by atoms with Gasteiger partial charge in [0.05, 0.1) is 6.04 Å². The van der Waals surface area contributed by atoms with Gasteiger partial charge >= 0.3 is 0 Å². The largest absolute Gasteiger partial charge is 0.330 e. The molecule has 0 aliphatic carbocycles. The van der Waals surface area contributed by atoms with E-state index in [-0.39, 0.29) is 12.0 Å². The number of carbonyl (C=O) groups is 1. The van der Waals surface area contributed by atoms with Crippen LogP contribution >= 0.6 is 0 Å². The average molecular weight is 270 g/mol. The number of nitrogens with two attached hydrogens (primary N) is 2. The normalized spacial score (nSPS) is 14.3. The Hall–Kier alpha value is -0.410. The van der Waals surface area contributed by atoms with Gasteiger partial charge in [-0.05, 0) is 32.2 Å². The van der Waals surface area contributed by atoms with E-state index in [0.717, 1.165) is 51.4 Å². The minimum Gasteiger partial charge on any atom is -0.330 e. The van der Waals surface area contributed by atoms with Crippen LogP contribution in [0.3, 0.4) is 0 Å². The van der Waals surface area contributed by atoms with Crippen molar-refractivity contribution in [2.75, 3.05) is 6.54 Å². The van der Waals surface area contributed by atoms with Crippen molar-refractivity contribution in [3.63, 3.8) is 0 Å². The smallest absolute Gasteiger partial charge is 0.152 e. The minimum absolute atomic E-state index is 0.194. The van der Waals surface area contributed by atoms with Gasteiger partial charge in [-0.15, -0.1) is 0 Å². The van der Waals surface area contributed by atoms with E-state index in [9.17, 15) is 4.79 Å². The first-order valence-corrected chi connectivity index (χ1v) is 8.16. The summed E-state index contributed by atoms with van der Waals surface area (Å²) >= 11 is 0. The van der Waals surface area contributed by atoms with Gasteiger partial charge in [0.15, 0.2) is 5.78 Å². The quantitative estimate of drug-likeness (QED) is 0.504. The van der Waals surface area contributed by atoms with Crippen LogP contribution in [0.15, 0.2) is 0 Å². The summed E-state index contributed by atoms with van der Waals surface area (Å²) in [6, 6.07) is -0.268. The van der Waals surface area contributed by atoms with E-state index < -0.39 is 0 Å². The zero-order valence-corrected chi connectivity index (χ0v) is 13.0. The fourth-order valence-corrected chi connectivity index (χ4v) is 2.47. The Balaban J connectivity index is 4.17. The zero-order chi connectivity index (χ0) is 14.5. The van der Waals surface area contributed by atoms with Crippen LogP contribution in [0.2, 0.25) is 0 Å². The van der Waals surface area contributed by atoms with Crippen LogP contribution in [0.1, 0.15) is 78.1 Å². The third kappa shape index (κ3) is 9.17. The van der Waals surface area contributed by atoms with Gasteiger partial charge in [0.25, 0.3) is 0 Å². The Labute approximate surface area is 119 Å². The predicted molar refractivity (Wildman–Crippen MR) is 83.0 cm³/mol. The second-order valence-corrected chi connectivity index (χ2v) is 5.63. The van der Waals surface area contributed by atoms with Gasteiger partial charge in [-0.2, -0.15) is 0 Å². The maximum atomic E-state index is 12.4. The molecule has 19 heavy (non-hydrogen) atoms. The lowest BCUT2D eigenvalue weighted by Gasteiger charge is -2.19. The Morgan fingerprint density at radius 1 is 0.895 bits per heavy atom. The van der Waals surface area contributed by atoms with Gasteiger partial charge in [-0.3, -0.25) is 4.79 Å². The minimum atomic E-state index is -0.268. The molecule has 0 bridgehead atoms. The molecule has 0 heterocycles. The molecule has 0 aromatic heterocycles. The fraction of sp³-hybridized carbons (Fsp3) is 0.938. The first-order valence-electron chi connectivity index (χ1n) is 8.16. The van der Waals surface area contributed by atoms with E-state index >= 15 is 0 Å². The van der Waals surface area contributed by atoms with Crippen LogP contribution in [0, 0.1) is 5.92 Å². The molecule has 4 N–H and O–H groups in total. The topological polar surface area (TPSA) is 69.1 Å². The van der Waals surface area contributed by atoms with E-state index in [4.69, 9.17) is 11.5 Å². The number of carbonyl (C=O) groups excluding carboxylic acids is 1. The molecule has 114 valence electrons. The molecule has 0 saturated carbocycles. The number of rotatable bonds is 13. The number of hydrogen-bond donors (Lipinski definition) is 2.